The van der Waals surface area contributed by atoms with Crippen LogP contribution >= 0.6 is 23.2 Å². The summed E-state index contributed by atoms with van der Waals surface area (Å²) >= 11 is 11.8. The number of rotatable bonds is 4. The molecule has 0 spiro atoms. The second-order valence-corrected chi connectivity index (χ2v) is 6.46. The first-order chi connectivity index (χ1) is 12.6. The third-order valence-corrected chi connectivity index (χ3v) is 4.33. The van der Waals surface area contributed by atoms with E-state index in [4.69, 9.17) is 27.9 Å². The van der Waals surface area contributed by atoms with Crippen molar-refractivity contribution in [2.45, 2.75) is 6.54 Å². The topological polar surface area (TPSA) is 60.2 Å². The fraction of sp³-hybridized carbons (Fsp3) is 0.0526. The molecule has 2 heterocycles. The monoisotopic (exact) mass is 385 g/mol. The maximum Gasteiger partial charge on any atom is 0.172 e. The van der Waals surface area contributed by atoms with Crippen LogP contribution in [0.3, 0.4) is 0 Å². The number of hydrogen-bond acceptors (Lipinski definition) is 4. The van der Waals surface area contributed by atoms with E-state index in [0.29, 0.717) is 12.2 Å². The maximum absolute atomic E-state index is 9.60. The predicted octanol–water partition coefficient (Wildman–Crippen LogP) is 5.28. The Balaban J connectivity index is 1.59. The van der Waals surface area contributed by atoms with E-state index in [1.807, 2.05) is 54.7 Å². The van der Waals surface area contributed by atoms with E-state index in [1.165, 1.54) is 0 Å². The van der Waals surface area contributed by atoms with Crippen molar-refractivity contribution in [1.82, 2.24) is 14.8 Å². The van der Waals surface area contributed by atoms with Gasteiger partial charge in [0.2, 0.25) is 0 Å². The first-order valence-corrected chi connectivity index (χ1v) is 8.58. The highest BCUT2D eigenvalue weighted by molar-refractivity contribution is 6.36. The highest BCUT2D eigenvalue weighted by atomic mass is 35.5. The van der Waals surface area contributed by atoms with Gasteiger partial charge in [0.05, 0.1) is 22.8 Å². The van der Waals surface area contributed by atoms with Crippen LogP contribution in [0.25, 0.3) is 10.9 Å². The van der Waals surface area contributed by atoms with Gasteiger partial charge in [0.15, 0.2) is 10.9 Å². The minimum Gasteiger partial charge on any atom is -0.504 e. The number of para-hydroxylation sites is 1. The highest BCUT2D eigenvalue weighted by Gasteiger charge is 2.10. The molecule has 5 nitrogen and oxygen atoms in total. The summed E-state index contributed by atoms with van der Waals surface area (Å²) in [6, 6.07) is 16.9. The van der Waals surface area contributed by atoms with E-state index < -0.39 is 0 Å². The fourth-order valence-electron chi connectivity index (χ4n) is 2.60. The first kappa shape index (κ1) is 16.7. The van der Waals surface area contributed by atoms with E-state index >= 15 is 0 Å². The van der Waals surface area contributed by atoms with Crippen molar-refractivity contribution >= 4 is 34.1 Å². The zero-order valence-electron chi connectivity index (χ0n) is 13.4. The van der Waals surface area contributed by atoms with Crippen LogP contribution in [0.5, 0.6) is 17.2 Å². The Morgan fingerprint density at radius 2 is 1.81 bits per heavy atom. The minimum atomic E-state index is -0.217. The number of fused-ring (bicyclic) bond motifs is 1. The number of ether oxygens (including phenoxy) is 1. The molecule has 0 aliphatic rings. The fourth-order valence-corrected chi connectivity index (χ4v) is 3.07. The molecule has 0 unspecified atom stereocenters. The summed E-state index contributed by atoms with van der Waals surface area (Å²) < 4.78 is 7.59. The second-order valence-electron chi connectivity index (χ2n) is 5.70. The Morgan fingerprint density at radius 3 is 2.58 bits per heavy atom. The van der Waals surface area contributed by atoms with E-state index in [1.54, 1.807) is 10.7 Å². The molecule has 2 aromatic carbocycles. The van der Waals surface area contributed by atoms with Crippen molar-refractivity contribution in [3.63, 3.8) is 0 Å². The predicted molar refractivity (Wildman–Crippen MR) is 101 cm³/mol. The molecular formula is C19H13Cl2N3O2. The Kier molecular flexibility index (Phi) is 4.41. The zero-order chi connectivity index (χ0) is 18.1. The number of pyridine rings is 1. The van der Waals surface area contributed by atoms with Gasteiger partial charge in [0.1, 0.15) is 11.5 Å². The van der Waals surface area contributed by atoms with Gasteiger partial charge in [-0.15, -0.1) is 0 Å². The SMILES string of the molecule is Oc1c(Cl)cc(Cn2cc3cc(Oc4ccccc4)ccc3n2)nc1Cl. The van der Waals surface area contributed by atoms with Crippen molar-refractivity contribution in [3.05, 3.63) is 76.7 Å². The van der Waals surface area contributed by atoms with E-state index in [0.717, 1.165) is 22.4 Å². The standard InChI is InChI=1S/C19H13Cl2N3O2/c20-16-9-13(22-19(21)18(16)25)11-24-10-12-8-15(6-7-17(12)23-24)26-14-4-2-1-3-5-14/h1-10,25H,11H2. The molecule has 0 aliphatic heterocycles. The quantitative estimate of drug-likeness (QED) is 0.485. The van der Waals surface area contributed by atoms with Crippen LogP contribution in [0.4, 0.5) is 0 Å². The van der Waals surface area contributed by atoms with Gasteiger partial charge in [0, 0.05) is 11.6 Å². The number of benzene rings is 2. The Bertz CT molecular complexity index is 1060. The lowest BCUT2D eigenvalue weighted by Crippen LogP contribution is -2.02. The number of aromatic hydroxyl groups is 1. The van der Waals surface area contributed by atoms with Gasteiger partial charge in [-0.2, -0.15) is 5.10 Å². The molecule has 4 rings (SSSR count). The number of aromatic nitrogens is 3. The van der Waals surface area contributed by atoms with Crippen molar-refractivity contribution in [1.29, 1.82) is 0 Å². The molecular weight excluding hydrogens is 373 g/mol. The maximum atomic E-state index is 9.60. The normalized spacial score (nSPS) is 11.0. The molecule has 130 valence electrons. The molecule has 7 heteroatoms. The Hall–Kier alpha value is -2.76. The average molecular weight is 386 g/mol. The lowest BCUT2D eigenvalue weighted by molar-refractivity contribution is 0.472. The molecule has 0 saturated carbocycles. The smallest absolute Gasteiger partial charge is 0.172 e. The van der Waals surface area contributed by atoms with Crippen LogP contribution in [0.15, 0.2) is 60.8 Å². The summed E-state index contributed by atoms with van der Waals surface area (Å²) in [5.74, 6) is 1.29. The second kappa shape index (κ2) is 6.86. The van der Waals surface area contributed by atoms with Crippen molar-refractivity contribution in [3.8, 4) is 17.2 Å². The largest absolute Gasteiger partial charge is 0.504 e. The van der Waals surface area contributed by atoms with Gasteiger partial charge in [-0.1, -0.05) is 41.4 Å². The lowest BCUT2D eigenvalue weighted by atomic mass is 10.2. The van der Waals surface area contributed by atoms with E-state index in [2.05, 4.69) is 10.1 Å². The molecule has 0 radical (unpaired) electrons. The third-order valence-electron chi connectivity index (χ3n) is 3.78. The van der Waals surface area contributed by atoms with Crippen LogP contribution in [-0.4, -0.2) is 19.9 Å². The summed E-state index contributed by atoms with van der Waals surface area (Å²) in [6.07, 6.45) is 1.89. The van der Waals surface area contributed by atoms with Gasteiger partial charge < -0.3 is 9.84 Å². The molecule has 0 amide bonds. The summed E-state index contributed by atoms with van der Waals surface area (Å²) in [5.41, 5.74) is 1.44. The minimum absolute atomic E-state index is 0.0252. The molecule has 4 aromatic rings. The third kappa shape index (κ3) is 3.45. The van der Waals surface area contributed by atoms with Gasteiger partial charge >= 0.3 is 0 Å². The average Bonchev–Trinajstić information content (AvgIpc) is 3.02. The molecule has 2 aromatic heterocycles. The van der Waals surface area contributed by atoms with Gasteiger partial charge in [-0.3, -0.25) is 4.68 Å². The van der Waals surface area contributed by atoms with Crippen molar-refractivity contribution in [2.24, 2.45) is 0 Å². The molecule has 26 heavy (non-hydrogen) atoms. The number of halogens is 2. The van der Waals surface area contributed by atoms with Gasteiger partial charge in [-0.05, 0) is 36.4 Å². The Morgan fingerprint density at radius 1 is 1.00 bits per heavy atom. The first-order valence-electron chi connectivity index (χ1n) is 7.82. The van der Waals surface area contributed by atoms with Crippen LogP contribution in [-0.2, 0) is 6.54 Å². The van der Waals surface area contributed by atoms with Crippen molar-refractivity contribution < 1.29 is 9.84 Å². The van der Waals surface area contributed by atoms with Crippen molar-refractivity contribution in [2.75, 3.05) is 0 Å². The van der Waals surface area contributed by atoms with Gasteiger partial charge in [-0.25, -0.2) is 4.98 Å². The molecule has 0 aliphatic carbocycles. The zero-order valence-corrected chi connectivity index (χ0v) is 14.9. The molecule has 0 saturated heterocycles. The molecule has 1 N–H and O–H groups in total. The van der Waals surface area contributed by atoms with Crippen LogP contribution in [0.2, 0.25) is 10.2 Å². The summed E-state index contributed by atoms with van der Waals surface area (Å²) in [6.45, 7) is 0.378. The number of hydrogen-bond donors (Lipinski definition) is 1. The van der Waals surface area contributed by atoms with Crippen LogP contribution in [0.1, 0.15) is 5.69 Å². The van der Waals surface area contributed by atoms with E-state index in [9.17, 15) is 5.11 Å². The summed E-state index contributed by atoms with van der Waals surface area (Å²) in [7, 11) is 0. The molecule has 0 bridgehead atoms. The van der Waals surface area contributed by atoms with Gasteiger partial charge in [0.25, 0.3) is 0 Å². The van der Waals surface area contributed by atoms with Crippen LogP contribution < -0.4 is 4.74 Å². The molecule has 0 atom stereocenters. The summed E-state index contributed by atoms with van der Waals surface area (Å²) in [5, 5.41) is 15.2. The number of nitrogens with zero attached hydrogens (tertiary/aromatic N) is 3. The van der Waals surface area contributed by atoms with E-state index in [-0.39, 0.29) is 15.9 Å². The van der Waals surface area contributed by atoms with Crippen LogP contribution in [0, 0.1) is 0 Å². The summed E-state index contributed by atoms with van der Waals surface area (Å²) in [4.78, 5) is 4.12. The Labute approximate surface area is 159 Å². The molecule has 0 fully saturated rings. The lowest BCUT2D eigenvalue weighted by Gasteiger charge is -2.04. The highest BCUT2D eigenvalue weighted by Crippen LogP contribution is 2.30.